The van der Waals surface area contributed by atoms with Crippen molar-refractivity contribution >= 4 is 23.5 Å². The lowest BCUT2D eigenvalue weighted by Gasteiger charge is -2.16. The Labute approximate surface area is 175 Å². The van der Waals surface area contributed by atoms with E-state index in [2.05, 4.69) is 0 Å². The van der Waals surface area contributed by atoms with Crippen LogP contribution in [0, 0.1) is 0 Å². The Bertz CT molecular complexity index is 809. The van der Waals surface area contributed by atoms with Gasteiger partial charge in [0.05, 0.1) is 0 Å². The molecule has 29 heavy (non-hydrogen) atoms. The van der Waals surface area contributed by atoms with Crippen molar-refractivity contribution in [2.75, 3.05) is 6.79 Å². The highest BCUT2D eigenvalue weighted by Gasteiger charge is 2.20. The van der Waals surface area contributed by atoms with Gasteiger partial charge in [-0.1, -0.05) is 54.9 Å². The Hall–Kier alpha value is -2.41. The summed E-state index contributed by atoms with van der Waals surface area (Å²) >= 11 is 6.03. The highest BCUT2D eigenvalue weighted by molar-refractivity contribution is 6.30. The first-order chi connectivity index (χ1) is 13.9. The van der Waals surface area contributed by atoms with Crippen molar-refractivity contribution in [2.45, 2.75) is 44.8 Å². The molecule has 2 aromatic rings. The summed E-state index contributed by atoms with van der Waals surface area (Å²) in [5, 5.41) is 10.6. The van der Waals surface area contributed by atoms with Crippen molar-refractivity contribution < 1.29 is 24.2 Å². The van der Waals surface area contributed by atoms with Gasteiger partial charge >= 0.3 is 11.9 Å². The first kappa shape index (κ1) is 22.9. The van der Waals surface area contributed by atoms with Gasteiger partial charge < -0.3 is 20.3 Å². The van der Waals surface area contributed by atoms with Crippen molar-refractivity contribution in [3.63, 3.8) is 0 Å². The third-order valence-electron chi connectivity index (χ3n) is 4.28. The average molecular weight is 420 g/mol. The number of benzene rings is 2. The zero-order valence-corrected chi connectivity index (χ0v) is 17.1. The van der Waals surface area contributed by atoms with Gasteiger partial charge in [-0.15, -0.1) is 0 Å². The van der Waals surface area contributed by atoms with E-state index in [1.807, 2.05) is 55.5 Å². The summed E-state index contributed by atoms with van der Waals surface area (Å²) in [4.78, 5) is 23.0. The van der Waals surface area contributed by atoms with Gasteiger partial charge in [0.15, 0.2) is 6.10 Å². The fraction of sp³-hybridized carbons (Fsp3) is 0.364. The molecule has 0 fully saturated rings. The predicted octanol–water partition coefficient (Wildman–Crippen LogP) is 3.47. The second-order valence-corrected chi connectivity index (χ2v) is 7.21. The van der Waals surface area contributed by atoms with Gasteiger partial charge in [-0.25, -0.2) is 4.79 Å². The molecule has 7 heteroatoms. The molecule has 0 heterocycles. The van der Waals surface area contributed by atoms with E-state index in [1.54, 1.807) is 0 Å². The largest absolute Gasteiger partial charge is 0.428 e. The number of aliphatic hydroxyl groups is 1. The summed E-state index contributed by atoms with van der Waals surface area (Å²) in [6, 6.07) is 15.0. The molecule has 0 saturated heterocycles. The van der Waals surface area contributed by atoms with Crippen molar-refractivity contribution in [1.29, 1.82) is 0 Å². The molecule has 0 radical (unpaired) electrons. The van der Waals surface area contributed by atoms with Crippen LogP contribution in [0.4, 0.5) is 0 Å². The maximum absolute atomic E-state index is 11.8. The van der Waals surface area contributed by atoms with E-state index in [0.717, 1.165) is 16.7 Å². The van der Waals surface area contributed by atoms with Crippen LogP contribution in [-0.4, -0.2) is 36.0 Å². The topological polar surface area (TPSA) is 98.8 Å². The van der Waals surface area contributed by atoms with Gasteiger partial charge in [-0.3, -0.25) is 4.79 Å². The van der Waals surface area contributed by atoms with Crippen LogP contribution < -0.4 is 5.73 Å². The number of nitrogens with two attached hydrogens (primary N) is 1. The minimum atomic E-state index is -1.37. The van der Waals surface area contributed by atoms with Gasteiger partial charge in [0.25, 0.3) is 0 Å². The Balaban J connectivity index is 1.80. The van der Waals surface area contributed by atoms with Gasteiger partial charge in [-0.05, 0) is 48.1 Å². The van der Waals surface area contributed by atoms with E-state index in [-0.39, 0.29) is 12.8 Å². The number of halogens is 1. The zero-order valence-electron chi connectivity index (χ0n) is 16.3. The van der Waals surface area contributed by atoms with Gasteiger partial charge in [0.2, 0.25) is 6.79 Å². The molecule has 0 bridgehead atoms. The Morgan fingerprint density at radius 1 is 1.10 bits per heavy atom. The van der Waals surface area contributed by atoms with Gasteiger partial charge in [0, 0.05) is 17.5 Å². The number of carbonyl (C=O) groups excluding carboxylic acids is 2. The SMILES string of the molecule is CCCC(=O)OCOC(=O)C(O)CC(N)Cc1ccc(-c2cccc(Cl)c2)cc1. The van der Waals surface area contributed by atoms with Crippen molar-refractivity contribution in [2.24, 2.45) is 5.73 Å². The Kier molecular flexibility index (Phi) is 9.12. The maximum Gasteiger partial charge on any atom is 0.337 e. The zero-order chi connectivity index (χ0) is 21.2. The molecular formula is C22H26ClNO5. The molecule has 0 aliphatic carbocycles. The minimum absolute atomic E-state index is 0.0395. The van der Waals surface area contributed by atoms with Crippen LogP contribution in [0.15, 0.2) is 48.5 Å². The van der Waals surface area contributed by atoms with Crippen LogP contribution in [0.3, 0.4) is 0 Å². The lowest BCUT2D eigenvalue weighted by atomic mass is 9.98. The van der Waals surface area contributed by atoms with E-state index in [9.17, 15) is 14.7 Å². The molecule has 2 unspecified atom stereocenters. The third kappa shape index (κ3) is 7.85. The van der Waals surface area contributed by atoms with E-state index < -0.39 is 30.9 Å². The average Bonchev–Trinajstić information content (AvgIpc) is 2.68. The highest BCUT2D eigenvalue weighted by Crippen LogP contribution is 2.23. The minimum Gasteiger partial charge on any atom is -0.428 e. The van der Waals surface area contributed by atoms with Crippen LogP contribution in [0.2, 0.25) is 5.02 Å². The monoisotopic (exact) mass is 419 g/mol. The number of hydrogen-bond donors (Lipinski definition) is 2. The lowest BCUT2D eigenvalue weighted by molar-refractivity contribution is -0.173. The van der Waals surface area contributed by atoms with Crippen LogP contribution in [0.1, 0.15) is 31.7 Å². The standard InChI is InChI=1S/C22H26ClNO5/c1-2-4-21(26)28-14-29-22(27)20(25)13-19(24)11-15-7-9-16(10-8-15)17-5-3-6-18(23)12-17/h3,5-10,12,19-20,25H,2,4,11,13-14,24H2,1H3. The molecule has 2 rings (SSSR count). The van der Waals surface area contributed by atoms with E-state index >= 15 is 0 Å². The smallest absolute Gasteiger partial charge is 0.337 e. The van der Waals surface area contributed by atoms with Crippen LogP contribution in [0.5, 0.6) is 0 Å². The fourth-order valence-electron chi connectivity index (χ4n) is 2.80. The summed E-state index contributed by atoms with van der Waals surface area (Å²) < 4.78 is 9.47. The number of hydrogen-bond acceptors (Lipinski definition) is 6. The molecule has 2 atom stereocenters. The lowest BCUT2D eigenvalue weighted by Crippen LogP contribution is -2.34. The molecule has 0 saturated carbocycles. The van der Waals surface area contributed by atoms with Crippen molar-refractivity contribution in [3.05, 3.63) is 59.1 Å². The molecule has 0 spiro atoms. The highest BCUT2D eigenvalue weighted by atomic mass is 35.5. The molecule has 6 nitrogen and oxygen atoms in total. The fourth-order valence-corrected chi connectivity index (χ4v) is 2.99. The summed E-state index contributed by atoms with van der Waals surface area (Å²) in [6.45, 7) is 1.33. The molecule has 0 amide bonds. The number of ether oxygens (including phenoxy) is 2. The Morgan fingerprint density at radius 2 is 1.83 bits per heavy atom. The summed E-state index contributed by atoms with van der Waals surface area (Å²) in [7, 11) is 0. The second-order valence-electron chi connectivity index (χ2n) is 6.77. The van der Waals surface area contributed by atoms with Crippen LogP contribution in [0.25, 0.3) is 11.1 Å². The Morgan fingerprint density at radius 3 is 2.48 bits per heavy atom. The number of esters is 2. The molecule has 0 aliphatic heterocycles. The first-order valence-electron chi connectivity index (χ1n) is 9.49. The summed E-state index contributed by atoms with van der Waals surface area (Å²) in [5.74, 6) is -1.31. The quantitative estimate of drug-likeness (QED) is 0.452. The van der Waals surface area contributed by atoms with E-state index in [0.29, 0.717) is 17.9 Å². The number of rotatable bonds is 10. The summed E-state index contributed by atoms with van der Waals surface area (Å²) in [5.41, 5.74) is 9.10. The van der Waals surface area contributed by atoms with Gasteiger partial charge in [-0.2, -0.15) is 0 Å². The van der Waals surface area contributed by atoms with Crippen LogP contribution in [-0.2, 0) is 25.5 Å². The van der Waals surface area contributed by atoms with E-state index in [4.69, 9.17) is 26.8 Å². The maximum atomic E-state index is 11.8. The van der Waals surface area contributed by atoms with Crippen LogP contribution >= 0.6 is 11.6 Å². The van der Waals surface area contributed by atoms with Crippen molar-refractivity contribution in [3.8, 4) is 11.1 Å². The van der Waals surface area contributed by atoms with Gasteiger partial charge in [0.1, 0.15) is 0 Å². The molecule has 0 aliphatic rings. The van der Waals surface area contributed by atoms with E-state index in [1.165, 1.54) is 0 Å². The third-order valence-corrected chi connectivity index (χ3v) is 4.52. The molecule has 0 aromatic heterocycles. The molecule has 156 valence electrons. The second kappa shape index (κ2) is 11.6. The summed E-state index contributed by atoms with van der Waals surface area (Å²) in [6.07, 6.45) is 0.0510. The molecule has 3 N–H and O–H groups in total. The molecule has 2 aromatic carbocycles. The number of aliphatic hydroxyl groups excluding tert-OH is 1. The van der Waals surface area contributed by atoms with Crippen molar-refractivity contribution in [1.82, 2.24) is 0 Å². The number of carbonyl (C=O) groups is 2. The normalized spacial score (nSPS) is 12.8. The molecular weight excluding hydrogens is 394 g/mol. The first-order valence-corrected chi connectivity index (χ1v) is 9.87. The predicted molar refractivity (Wildman–Crippen MR) is 111 cm³/mol.